The van der Waals surface area contributed by atoms with Crippen LogP contribution in [0.15, 0.2) is 77.3 Å². The fourth-order valence-corrected chi connectivity index (χ4v) is 3.19. The maximum atomic E-state index is 13.1. The number of ketones is 1. The van der Waals surface area contributed by atoms with Gasteiger partial charge in [0, 0.05) is 22.1 Å². The molecule has 0 spiro atoms. The Morgan fingerprint density at radius 3 is 2.19 bits per heavy atom. The summed E-state index contributed by atoms with van der Waals surface area (Å²) in [5, 5.41) is 3.47. The molecular formula is C23H21BrFNO. The Balaban J connectivity index is 1.83. The molecule has 1 atom stereocenters. The normalized spacial score (nSPS) is 11.8. The average molecular weight is 426 g/mol. The molecule has 0 saturated carbocycles. The lowest BCUT2D eigenvalue weighted by Crippen LogP contribution is -2.16. The van der Waals surface area contributed by atoms with E-state index >= 15 is 0 Å². The molecule has 3 rings (SSSR count). The smallest absolute Gasteiger partial charge is 0.165 e. The molecule has 0 aliphatic heterocycles. The van der Waals surface area contributed by atoms with Gasteiger partial charge in [0.15, 0.2) is 5.78 Å². The van der Waals surface area contributed by atoms with E-state index in [-0.39, 0.29) is 24.1 Å². The number of Topliss-reactive ketones (excluding diaryl/α,β-unsaturated/α-hetero) is 1. The Kier molecular flexibility index (Phi) is 6.40. The summed E-state index contributed by atoms with van der Waals surface area (Å²) in [6.07, 6.45) is 1.27. The van der Waals surface area contributed by atoms with Crippen LogP contribution in [0.2, 0.25) is 0 Å². The van der Waals surface area contributed by atoms with Gasteiger partial charge in [-0.1, -0.05) is 47.1 Å². The molecule has 27 heavy (non-hydrogen) atoms. The lowest BCUT2D eigenvalue weighted by atomic mass is 9.97. The minimum atomic E-state index is -0.342. The Bertz CT molecular complexity index is 889. The Labute approximate surface area is 167 Å². The van der Waals surface area contributed by atoms with Crippen molar-refractivity contribution in [3.63, 3.8) is 0 Å². The number of benzene rings is 3. The standard InChI is InChI=1S/C23H21BrFNO/c1-2-16-3-13-21(14-4-16)26-22(17-5-9-19(24)10-6-17)15-23(27)18-7-11-20(25)12-8-18/h3-14,22,26H,2,15H2,1H3. The number of rotatable bonds is 7. The van der Waals surface area contributed by atoms with Crippen molar-refractivity contribution in [2.75, 3.05) is 5.32 Å². The zero-order valence-electron chi connectivity index (χ0n) is 15.1. The topological polar surface area (TPSA) is 29.1 Å². The Morgan fingerprint density at radius 1 is 0.963 bits per heavy atom. The van der Waals surface area contributed by atoms with Gasteiger partial charge in [-0.15, -0.1) is 0 Å². The van der Waals surface area contributed by atoms with Crippen molar-refractivity contribution >= 4 is 27.4 Å². The lowest BCUT2D eigenvalue weighted by molar-refractivity contribution is 0.0976. The number of hydrogen-bond donors (Lipinski definition) is 1. The third-order valence-electron chi connectivity index (χ3n) is 4.53. The summed E-state index contributed by atoms with van der Waals surface area (Å²) in [4.78, 5) is 12.7. The van der Waals surface area contributed by atoms with E-state index in [1.807, 2.05) is 36.4 Å². The summed E-state index contributed by atoms with van der Waals surface area (Å²) in [6, 6.07) is 21.7. The first-order valence-corrected chi connectivity index (χ1v) is 9.74. The van der Waals surface area contributed by atoms with Gasteiger partial charge in [-0.2, -0.15) is 0 Å². The van der Waals surface area contributed by atoms with Crippen LogP contribution in [-0.4, -0.2) is 5.78 Å². The number of nitrogens with one attached hydrogen (secondary N) is 1. The summed E-state index contributed by atoms with van der Waals surface area (Å²) in [5.41, 5.74) is 3.77. The molecule has 1 N–H and O–H groups in total. The van der Waals surface area contributed by atoms with Crippen LogP contribution in [0.5, 0.6) is 0 Å². The third kappa shape index (κ3) is 5.27. The van der Waals surface area contributed by atoms with Crippen LogP contribution < -0.4 is 5.32 Å². The van der Waals surface area contributed by atoms with Crippen molar-refractivity contribution in [3.8, 4) is 0 Å². The van der Waals surface area contributed by atoms with E-state index in [4.69, 9.17) is 0 Å². The molecule has 3 aromatic carbocycles. The summed E-state index contributed by atoms with van der Waals surface area (Å²) < 4.78 is 14.1. The van der Waals surface area contributed by atoms with Gasteiger partial charge in [-0.3, -0.25) is 4.79 Å². The number of halogens is 2. The number of carbonyl (C=O) groups is 1. The van der Waals surface area contributed by atoms with E-state index in [9.17, 15) is 9.18 Å². The molecule has 0 amide bonds. The van der Waals surface area contributed by atoms with Gasteiger partial charge in [-0.25, -0.2) is 4.39 Å². The van der Waals surface area contributed by atoms with Crippen molar-refractivity contribution in [1.82, 2.24) is 0 Å². The predicted molar refractivity (Wildman–Crippen MR) is 112 cm³/mol. The third-order valence-corrected chi connectivity index (χ3v) is 5.06. The Morgan fingerprint density at radius 2 is 1.59 bits per heavy atom. The minimum absolute atomic E-state index is 0.0272. The molecule has 0 bridgehead atoms. The number of hydrogen-bond acceptors (Lipinski definition) is 2. The Hall–Kier alpha value is -2.46. The molecule has 1 unspecified atom stereocenters. The maximum Gasteiger partial charge on any atom is 0.165 e. The molecule has 0 aliphatic carbocycles. The van der Waals surface area contributed by atoms with Crippen LogP contribution in [0.1, 0.15) is 40.9 Å². The highest BCUT2D eigenvalue weighted by Gasteiger charge is 2.17. The lowest BCUT2D eigenvalue weighted by Gasteiger charge is -2.20. The summed E-state index contributed by atoms with van der Waals surface area (Å²) in [7, 11) is 0. The average Bonchev–Trinajstić information content (AvgIpc) is 2.69. The first-order valence-electron chi connectivity index (χ1n) is 8.95. The first-order chi connectivity index (χ1) is 13.0. The van der Waals surface area contributed by atoms with Crippen LogP contribution in [0.3, 0.4) is 0 Å². The molecule has 0 saturated heterocycles. The van der Waals surface area contributed by atoms with Gasteiger partial charge >= 0.3 is 0 Å². The summed E-state index contributed by atoms with van der Waals surface area (Å²) in [5.74, 6) is -0.370. The number of aryl methyl sites for hydroxylation is 1. The van der Waals surface area contributed by atoms with E-state index in [0.29, 0.717) is 5.56 Å². The molecule has 2 nitrogen and oxygen atoms in total. The molecule has 0 radical (unpaired) electrons. The van der Waals surface area contributed by atoms with Crippen LogP contribution in [0.25, 0.3) is 0 Å². The fraction of sp³-hybridized carbons (Fsp3) is 0.174. The van der Waals surface area contributed by atoms with Crippen LogP contribution in [0.4, 0.5) is 10.1 Å². The quantitative estimate of drug-likeness (QED) is 0.433. The second kappa shape index (κ2) is 8.96. The van der Waals surface area contributed by atoms with E-state index in [1.165, 1.54) is 29.8 Å². The summed E-state index contributed by atoms with van der Waals surface area (Å²) >= 11 is 3.45. The predicted octanol–water partition coefficient (Wildman–Crippen LogP) is 6.58. The highest BCUT2D eigenvalue weighted by Crippen LogP contribution is 2.26. The monoisotopic (exact) mass is 425 g/mol. The molecule has 138 valence electrons. The maximum absolute atomic E-state index is 13.1. The molecule has 4 heteroatoms. The zero-order chi connectivity index (χ0) is 19.2. The SMILES string of the molecule is CCc1ccc(NC(CC(=O)c2ccc(F)cc2)c2ccc(Br)cc2)cc1. The second-order valence-corrected chi connectivity index (χ2v) is 7.35. The molecule has 3 aromatic rings. The highest BCUT2D eigenvalue weighted by atomic mass is 79.9. The van der Waals surface area contributed by atoms with Crippen LogP contribution in [-0.2, 0) is 6.42 Å². The van der Waals surface area contributed by atoms with Gasteiger partial charge in [0.25, 0.3) is 0 Å². The second-order valence-electron chi connectivity index (χ2n) is 6.43. The van der Waals surface area contributed by atoms with E-state index in [2.05, 4.69) is 40.3 Å². The van der Waals surface area contributed by atoms with Crippen molar-refractivity contribution in [3.05, 3.63) is 99.8 Å². The largest absolute Gasteiger partial charge is 0.378 e. The van der Waals surface area contributed by atoms with Crippen molar-refractivity contribution in [2.45, 2.75) is 25.8 Å². The van der Waals surface area contributed by atoms with Crippen molar-refractivity contribution in [1.29, 1.82) is 0 Å². The zero-order valence-corrected chi connectivity index (χ0v) is 16.7. The van der Waals surface area contributed by atoms with Crippen molar-refractivity contribution < 1.29 is 9.18 Å². The van der Waals surface area contributed by atoms with E-state index in [0.717, 1.165) is 22.1 Å². The van der Waals surface area contributed by atoms with Gasteiger partial charge in [-0.05, 0) is 66.1 Å². The van der Waals surface area contributed by atoms with Gasteiger partial charge in [0.2, 0.25) is 0 Å². The highest BCUT2D eigenvalue weighted by molar-refractivity contribution is 9.10. The number of anilines is 1. The minimum Gasteiger partial charge on any atom is -0.378 e. The molecule has 0 fully saturated rings. The molecule has 0 heterocycles. The van der Waals surface area contributed by atoms with Crippen LogP contribution >= 0.6 is 15.9 Å². The van der Waals surface area contributed by atoms with Crippen LogP contribution in [0, 0.1) is 5.82 Å². The van der Waals surface area contributed by atoms with Gasteiger partial charge < -0.3 is 5.32 Å². The summed E-state index contributed by atoms with van der Waals surface area (Å²) in [6.45, 7) is 2.12. The number of carbonyl (C=O) groups excluding carboxylic acids is 1. The van der Waals surface area contributed by atoms with Gasteiger partial charge in [0.1, 0.15) is 5.82 Å². The molecular weight excluding hydrogens is 405 g/mol. The fourth-order valence-electron chi connectivity index (χ4n) is 2.92. The van der Waals surface area contributed by atoms with Gasteiger partial charge in [0.05, 0.1) is 6.04 Å². The van der Waals surface area contributed by atoms with E-state index < -0.39 is 0 Å². The molecule has 0 aliphatic rings. The van der Waals surface area contributed by atoms with Crippen molar-refractivity contribution in [2.24, 2.45) is 0 Å². The van der Waals surface area contributed by atoms with E-state index in [1.54, 1.807) is 0 Å². The molecule has 0 aromatic heterocycles. The first kappa shape index (κ1) is 19.3.